The van der Waals surface area contributed by atoms with Crippen LogP contribution in [-0.4, -0.2) is 57.4 Å². The van der Waals surface area contributed by atoms with Gasteiger partial charge in [0.15, 0.2) is 5.82 Å². The van der Waals surface area contributed by atoms with Crippen molar-refractivity contribution in [2.45, 2.75) is 26.8 Å². The number of likely N-dealkylation sites (N-methyl/N-ethyl adjacent to an activating group) is 1. The molecule has 30 heavy (non-hydrogen) atoms. The third-order valence-corrected chi connectivity index (χ3v) is 5.46. The van der Waals surface area contributed by atoms with E-state index in [0.717, 1.165) is 38.4 Å². The van der Waals surface area contributed by atoms with Crippen molar-refractivity contribution in [3.05, 3.63) is 48.7 Å². The molecule has 1 saturated heterocycles. The molecule has 0 spiro atoms. The quantitative estimate of drug-likeness (QED) is 0.665. The zero-order chi connectivity index (χ0) is 21.1. The molecule has 0 amide bonds. The summed E-state index contributed by atoms with van der Waals surface area (Å²) < 4.78 is 16.1. The van der Waals surface area contributed by atoms with Gasteiger partial charge in [-0.25, -0.2) is 14.4 Å². The maximum Gasteiger partial charge on any atom is 0.227 e. The molecule has 1 aliphatic heterocycles. The van der Waals surface area contributed by atoms with Crippen LogP contribution in [0.4, 0.5) is 21.7 Å². The largest absolute Gasteiger partial charge is 0.369 e. The summed E-state index contributed by atoms with van der Waals surface area (Å²) in [5, 5.41) is 7.45. The molecule has 3 aromatic rings. The number of nitrogens with one attached hydrogen (secondary N) is 1. The Morgan fingerprint density at radius 1 is 1.07 bits per heavy atom. The highest BCUT2D eigenvalue weighted by Crippen LogP contribution is 2.24. The minimum absolute atomic E-state index is 0.199. The lowest BCUT2D eigenvalue weighted by Gasteiger charge is -2.35. The Kier molecular flexibility index (Phi) is 5.94. The van der Waals surface area contributed by atoms with Crippen molar-refractivity contribution < 1.29 is 4.39 Å². The van der Waals surface area contributed by atoms with Gasteiger partial charge in [0.25, 0.3) is 0 Å². The van der Waals surface area contributed by atoms with E-state index >= 15 is 0 Å². The maximum atomic E-state index is 14.3. The van der Waals surface area contributed by atoms with Gasteiger partial charge in [0.1, 0.15) is 5.69 Å². The topological polar surface area (TPSA) is 62.1 Å². The zero-order valence-corrected chi connectivity index (χ0v) is 17.7. The van der Waals surface area contributed by atoms with E-state index in [9.17, 15) is 4.39 Å². The van der Waals surface area contributed by atoms with Crippen LogP contribution in [0.1, 0.15) is 26.8 Å². The average Bonchev–Trinajstić information content (AvgIpc) is 3.26. The van der Waals surface area contributed by atoms with E-state index in [-0.39, 0.29) is 11.7 Å². The van der Waals surface area contributed by atoms with E-state index in [1.807, 2.05) is 26.0 Å². The molecule has 0 bridgehead atoms. The second-order valence-electron chi connectivity index (χ2n) is 7.79. The van der Waals surface area contributed by atoms with Crippen molar-refractivity contribution in [1.82, 2.24) is 24.6 Å². The first kappa shape index (κ1) is 20.3. The van der Waals surface area contributed by atoms with E-state index in [1.165, 1.54) is 11.9 Å². The van der Waals surface area contributed by atoms with Crippen molar-refractivity contribution in [2.75, 3.05) is 42.9 Å². The van der Waals surface area contributed by atoms with Gasteiger partial charge in [0, 0.05) is 55.4 Å². The smallest absolute Gasteiger partial charge is 0.227 e. The van der Waals surface area contributed by atoms with Crippen LogP contribution in [0.3, 0.4) is 0 Å². The van der Waals surface area contributed by atoms with Gasteiger partial charge < -0.3 is 15.1 Å². The van der Waals surface area contributed by atoms with E-state index in [2.05, 4.69) is 49.2 Å². The van der Waals surface area contributed by atoms with Gasteiger partial charge in [0.05, 0.1) is 12.4 Å². The van der Waals surface area contributed by atoms with E-state index in [0.29, 0.717) is 11.5 Å². The molecule has 158 valence electrons. The summed E-state index contributed by atoms with van der Waals surface area (Å²) in [4.78, 5) is 13.3. The van der Waals surface area contributed by atoms with Crippen LogP contribution in [0.2, 0.25) is 0 Å². The molecule has 8 heteroatoms. The Bertz CT molecular complexity index is 975. The molecule has 0 unspecified atom stereocenters. The summed E-state index contributed by atoms with van der Waals surface area (Å²) in [5.74, 6) is -0.113. The van der Waals surface area contributed by atoms with Gasteiger partial charge in [-0.15, -0.1) is 0 Å². The van der Waals surface area contributed by atoms with Gasteiger partial charge in [-0.3, -0.25) is 4.68 Å². The predicted octanol–water partition coefficient (Wildman–Crippen LogP) is 3.95. The molecule has 1 fully saturated rings. The number of hydrogen-bond acceptors (Lipinski definition) is 6. The standard InChI is InChI=1S/C22H28FN7/c1-4-28-9-11-29(12-10-28)19-7-5-18(6-8-19)26-22-24-14-20(23)21(27-22)17-13-25-30(15-17)16(2)3/h5-8,13-16H,4,9-12H2,1-3H3,(H,24,26,27). The summed E-state index contributed by atoms with van der Waals surface area (Å²) >= 11 is 0. The van der Waals surface area contributed by atoms with Crippen molar-refractivity contribution in [3.63, 3.8) is 0 Å². The highest BCUT2D eigenvalue weighted by molar-refractivity contribution is 5.63. The monoisotopic (exact) mass is 409 g/mol. The Hall–Kier alpha value is -3.00. The maximum absolute atomic E-state index is 14.3. The number of anilines is 3. The van der Waals surface area contributed by atoms with Crippen LogP contribution >= 0.6 is 0 Å². The van der Waals surface area contributed by atoms with Gasteiger partial charge >= 0.3 is 0 Å². The lowest BCUT2D eigenvalue weighted by molar-refractivity contribution is 0.271. The zero-order valence-electron chi connectivity index (χ0n) is 17.7. The third kappa shape index (κ3) is 4.43. The first-order chi connectivity index (χ1) is 14.5. The van der Waals surface area contributed by atoms with Crippen LogP contribution in [0.15, 0.2) is 42.9 Å². The molecule has 1 aromatic carbocycles. The Balaban J connectivity index is 1.46. The lowest BCUT2D eigenvalue weighted by Crippen LogP contribution is -2.46. The van der Waals surface area contributed by atoms with Gasteiger partial charge in [-0.05, 0) is 44.7 Å². The summed E-state index contributed by atoms with van der Waals surface area (Å²) in [6, 6.07) is 8.40. The molecule has 0 saturated carbocycles. The number of halogens is 1. The number of hydrogen-bond donors (Lipinski definition) is 1. The Morgan fingerprint density at radius 3 is 2.43 bits per heavy atom. The first-order valence-corrected chi connectivity index (χ1v) is 10.4. The van der Waals surface area contributed by atoms with Gasteiger partial charge in [-0.1, -0.05) is 6.92 Å². The second-order valence-corrected chi connectivity index (χ2v) is 7.79. The highest BCUT2D eigenvalue weighted by Gasteiger charge is 2.16. The number of rotatable bonds is 6. The van der Waals surface area contributed by atoms with Crippen molar-refractivity contribution in [2.24, 2.45) is 0 Å². The Labute approximate surface area is 176 Å². The number of piperazine rings is 1. The van der Waals surface area contributed by atoms with Gasteiger partial charge in [-0.2, -0.15) is 5.10 Å². The van der Waals surface area contributed by atoms with Crippen LogP contribution in [0.25, 0.3) is 11.3 Å². The molecular formula is C22H28FN7. The van der Waals surface area contributed by atoms with Crippen LogP contribution in [-0.2, 0) is 0 Å². The predicted molar refractivity (Wildman–Crippen MR) is 118 cm³/mol. The van der Waals surface area contributed by atoms with Crippen molar-refractivity contribution in [3.8, 4) is 11.3 Å². The molecule has 3 heterocycles. The summed E-state index contributed by atoms with van der Waals surface area (Å²) in [6.45, 7) is 11.6. The fraction of sp³-hybridized carbons (Fsp3) is 0.409. The summed E-state index contributed by atoms with van der Waals surface area (Å²) in [6.07, 6.45) is 4.62. The normalized spacial score (nSPS) is 15.0. The molecule has 1 aliphatic rings. The first-order valence-electron chi connectivity index (χ1n) is 10.4. The Morgan fingerprint density at radius 2 is 1.80 bits per heavy atom. The number of benzene rings is 1. The number of nitrogens with zero attached hydrogens (tertiary/aromatic N) is 6. The summed E-state index contributed by atoms with van der Waals surface area (Å²) in [5.41, 5.74) is 2.94. The molecule has 0 radical (unpaired) electrons. The van der Waals surface area contributed by atoms with Crippen molar-refractivity contribution in [1.29, 1.82) is 0 Å². The third-order valence-electron chi connectivity index (χ3n) is 5.46. The van der Waals surface area contributed by atoms with E-state index in [4.69, 9.17) is 0 Å². The average molecular weight is 410 g/mol. The van der Waals surface area contributed by atoms with E-state index < -0.39 is 5.82 Å². The van der Waals surface area contributed by atoms with Crippen LogP contribution < -0.4 is 10.2 Å². The van der Waals surface area contributed by atoms with E-state index in [1.54, 1.807) is 17.1 Å². The number of aromatic nitrogens is 4. The second kappa shape index (κ2) is 8.79. The molecule has 1 N–H and O–H groups in total. The van der Waals surface area contributed by atoms with Gasteiger partial charge in [0.2, 0.25) is 5.95 Å². The van der Waals surface area contributed by atoms with Crippen LogP contribution in [0, 0.1) is 5.82 Å². The lowest BCUT2D eigenvalue weighted by atomic mass is 10.2. The minimum atomic E-state index is -0.467. The van der Waals surface area contributed by atoms with Crippen LogP contribution in [0.5, 0.6) is 0 Å². The minimum Gasteiger partial charge on any atom is -0.369 e. The summed E-state index contributed by atoms with van der Waals surface area (Å²) in [7, 11) is 0. The molecule has 0 atom stereocenters. The molecule has 7 nitrogen and oxygen atoms in total. The fourth-order valence-corrected chi connectivity index (χ4v) is 3.58. The highest BCUT2D eigenvalue weighted by atomic mass is 19.1. The fourth-order valence-electron chi connectivity index (χ4n) is 3.58. The molecule has 0 aliphatic carbocycles. The SMILES string of the molecule is CCN1CCN(c2ccc(Nc3ncc(F)c(-c4cnn(C(C)C)c4)n3)cc2)CC1. The molecular weight excluding hydrogens is 381 g/mol. The molecule has 4 rings (SSSR count). The van der Waals surface area contributed by atoms with Crippen molar-refractivity contribution >= 4 is 17.3 Å². The molecule has 2 aromatic heterocycles.